The van der Waals surface area contributed by atoms with Crippen LogP contribution < -0.4 is 5.32 Å². The van der Waals surface area contributed by atoms with Crippen molar-refractivity contribution in [2.24, 2.45) is 5.92 Å². The Bertz CT molecular complexity index is 743. The van der Waals surface area contributed by atoms with E-state index in [4.69, 9.17) is 0 Å². The second-order valence-electron chi connectivity index (χ2n) is 7.94. The van der Waals surface area contributed by atoms with E-state index in [1.165, 1.54) is 36.4 Å². The number of hydrogen-bond acceptors (Lipinski definition) is 4. The molecule has 1 aliphatic heterocycles. The van der Waals surface area contributed by atoms with Gasteiger partial charge >= 0.3 is 0 Å². The molecule has 2 aliphatic rings. The Morgan fingerprint density at radius 1 is 1.11 bits per heavy atom. The molecule has 1 atom stereocenters. The summed E-state index contributed by atoms with van der Waals surface area (Å²) in [5.41, 5.74) is 1.03. The lowest BCUT2D eigenvalue weighted by Gasteiger charge is -2.31. The predicted octanol–water partition coefficient (Wildman–Crippen LogP) is 3.58. The molecule has 1 heterocycles. The first-order chi connectivity index (χ1) is 13.5. The summed E-state index contributed by atoms with van der Waals surface area (Å²) in [5, 5.41) is 3.78. The van der Waals surface area contributed by atoms with Gasteiger partial charge in [0.25, 0.3) is 0 Å². The fraction of sp³-hybridized carbons (Fsp3) is 0.667. The van der Waals surface area contributed by atoms with Crippen LogP contribution in [0, 0.1) is 12.8 Å². The van der Waals surface area contributed by atoms with E-state index in [0.29, 0.717) is 18.0 Å². The lowest BCUT2D eigenvalue weighted by molar-refractivity contribution is -0.125. The van der Waals surface area contributed by atoms with Gasteiger partial charge in [-0.3, -0.25) is 4.79 Å². The number of rotatable bonds is 7. The van der Waals surface area contributed by atoms with Gasteiger partial charge < -0.3 is 5.32 Å². The number of piperidine rings is 1. The Morgan fingerprint density at radius 2 is 1.82 bits per heavy atom. The molecule has 5 nitrogen and oxygen atoms in total. The highest BCUT2D eigenvalue weighted by Gasteiger charge is 2.33. The average Bonchev–Trinajstić information content (AvgIpc) is 2.72. The van der Waals surface area contributed by atoms with E-state index in [2.05, 4.69) is 5.32 Å². The van der Waals surface area contributed by atoms with Crippen molar-refractivity contribution in [1.29, 1.82) is 0 Å². The van der Waals surface area contributed by atoms with Crippen LogP contribution in [-0.4, -0.2) is 49.3 Å². The third-order valence-corrected chi connectivity index (χ3v) is 8.98. The topological polar surface area (TPSA) is 66.5 Å². The van der Waals surface area contributed by atoms with Crippen LogP contribution in [0.5, 0.6) is 0 Å². The first-order valence-electron chi connectivity index (χ1n) is 10.4. The molecule has 0 spiro atoms. The molecule has 0 unspecified atom stereocenters. The van der Waals surface area contributed by atoms with Crippen molar-refractivity contribution in [2.45, 2.75) is 62.0 Å². The third-order valence-electron chi connectivity index (χ3n) is 5.72. The van der Waals surface area contributed by atoms with Crippen molar-refractivity contribution in [2.75, 3.05) is 25.4 Å². The van der Waals surface area contributed by atoms with Gasteiger partial charge in [0, 0.05) is 30.6 Å². The molecule has 28 heavy (non-hydrogen) atoms. The SMILES string of the molecule is Cc1ccc(S(=O)(=O)N2CCC[C@H](C(=O)NCCSC3CCCCC3)C2)cc1. The number of sulfonamides is 1. The highest BCUT2D eigenvalue weighted by atomic mass is 32.2. The zero-order chi connectivity index (χ0) is 20.0. The van der Waals surface area contributed by atoms with Crippen molar-refractivity contribution >= 4 is 27.7 Å². The van der Waals surface area contributed by atoms with E-state index in [-0.39, 0.29) is 18.4 Å². The maximum absolute atomic E-state index is 12.9. The quantitative estimate of drug-likeness (QED) is 0.680. The Hall–Kier alpha value is -1.05. The van der Waals surface area contributed by atoms with Gasteiger partial charge in [0.1, 0.15) is 0 Å². The average molecular weight is 425 g/mol. The summed E-state index contributed by atoms with van der Waals surface area (Å²) >= 11 is 1.97. The van der Waals surface area contributed by atoms with Crippen molar-refractivity contribution < 1.29 is 13.2 Å². The Balaban J connectivity index is 1.48. The fourth-order valence-electron chi connectivity index (χ4n) is 4.01. The second kappa shape index (κ2) is 10.1. The summed E-state index contributed by atoms with van der Waals surface area (Å²) in [5.74, 6) is 0.677. The number of carbonyl (C=O) groups excluding carboxylic acids is 1. The zero-order valence-corrected chi connectivity index (χ0v) is 18.4. The van der Waals surface area contributed by atoms with Crippen LogP contribution in [0.1, 0.15) is 50.5 Å². The van der Waals surface area contributed by atoms with Crippen LogP contribution in [0.4, 0.5) is 0 Å². The summed E-state index contributed by atoms with van der Waals surface area (Å²) in [6.07, 6.45) is 8.09. The first-order valence-corrected chi connectivity index (χ1v) is 12.9. The van der Waals surface area contributed by atoms with Crippen molar-refractivity contribution in [3.8, 4) is 0 Å². The predicted molar refractivity (Wildman–Crippen MR) is 115 cm³/mol. The van der Waals surface area contributed by atoms with E-state index in [1.54, 1.807) is 12.1 Å². The molecule has 1 aliphatic carbocycles. The standard InChI is InChI=1S/C21H32N2O3S2/c1-17-9-11-20(12-10-17)28(25,26)23-14-5-6-18(16-23)21(24)22-13-15-27-19-7-3-2-4-8-19/h9-12,18-19H,2-8,13-16H2,1H3,(H,22,24)/t18-/m0/s1. The molecule has 0 aromatic heterocycles. The lowest BCUT2D eigenvalue weighted by Crippen LogP contribution is -2.45. The molecule has 1 saturated heterocycles. The highest BCUT2D eigenvalue weighted by molar-refractivity contribution is 7.99. The number of aryl methyl sites for hydroxylation is 1. The van der Waals surface area contributed by atoms with Crippen molar-refractivity contribution in [1.82, 2.24) is 9.62 Å². The van der Waals surface area contributed by atoms with Crippen LogP contribution >= 0.6 is 11.8 Å². The van der Waals surface area contributed by atoms with Gasteiger partial charge in [-0.1, -0.05) is 37.0 Å². The summed E-state index contributed by atoms with van der Waals surface area (Å²) in [4.78, 5) is 12.9. The van der Waals surface area contributed by atoms with Gasteiger partial charge in [0.05, 0.1) is 10.8 Å². The maximum atomic E-state index is 12.9. The first kappa shape index (κ1) is 21.7. The molecular weight excluding hydrogens is 392 g/mol. The molecule has 0 radical (unpaired) electrons. The molecule has 3 rings (SSSR count). The summed E-state index contributed by atoms with van der Waals surface area (Å²) in [6.45, 7) is 3.36. The minimum Gasteiger partial charge on any atom is -0.355 e. The number of nitrogens with one attached hydrogen (secondary N) is 1. The smallest absolute Gasteiger partial charge is 0.243 e. The van der Waals surface area contributed by atoms with Crippen LogP contribution in [-0.2, 0) is 14.8 Å². The molecule has 1 amide bonds. The molecule has 1 aromatic carbocycles. The van der Waals surface area contributed by atoms with E-state index in [9.17, 15) is 13.2 Å². The number of amides is 1. The summed E-state index contributed by atoms with van der Waals surface area (Å²) in [7, 11) is -3.54. The molecular formula is C21H32N2O3S2. The van der Waals surface area contributed by atoms with Crippen LogP contribution in [0.15, 0.2) is 29.2 Å². The number of carbonyl (C=O) groups is 1. The molecule has 1 N–H and O–H groups in total. The van der Waals surface area contributed by atoms with E-state index in [1.807, 2.05) is 30.8 Å². The third kappa shape index (κ3) is 5.74. The molecule has 156 valence electrons. The Labute approximate surface area is 173 Å². The van der Waals surface area contributed by atoms with Crippen molar-refractivity contribution in [3.05, 3.63) is 29.8 Å². The van der Waals surface area contributed by atoms with Gasteiger partial charge in [0.2, 0.25) is 15.9 Å². The van der Waals surface area contributed by atoms with Crippen LogP contribution in [0.2, 0.25) is 0 Å². The Morgan fingerprint density at radius 3 is 2.54 bits per heavy atom. The molecule has 0 bridgehead atoms. The minimum absolute atomic E-state index is 0.00643. The number of hydrogen-bond donors (Lipinski definition) is 1. The normalized spacial score (nSPS) is 22.1. The summed E-state index contributed by atoms with van der Waals surface area (Å²) in [6, 6.07) is 6.92. The lowest BCUT2D eigenvalue weighted by atomic mass is 9.99. The summed E-state index contributed by atoms with van der Waals surface area (Å²) < 4.78 is 27.3. The molecule has 2 fully saturated rings. The van der Waals surface area contributed by atoms with Gasteiger partial charge in [-0.25, -0.2) is 8.42 Å². The number of nitrogens with zero attached hydrogens (tertiary/aromatic N) is 1. The largest absolute Gasteiger partial charge is 0.355 e. The van der Waals surface area contributed by atoms with Gasteiger partial charge in [-0.2, -0.15) is 16.1 Å². The fourth-order valence-corrected chi connectivity index (χ4v) is 6.75. The van der Waals surface area contributed by atoms with Gasteiger partial charge in [0.15, 0.2) is 0 Å². The second-order valence-corrected chi connectivity index (χ2v) is 11.3. The molecule has 1 saturated carbocycles. The molecule has 1 aromatic rings. The maximum Gasteiger partial charge on any atom is 0.243 e. The van der Waals surface area contributed by atoms with E-state index < -0.39 is 10.0 Å². The highest BCUT2D eigenvalue weighted by Crippen LogP contribution is 2.28. The Kier molecular flexibility index (Phi) is 7.83. The van der Waals surface area contributed by atoms with Crippen LogP contribution in [0.3, 0.4) is 0 Å². The van der Waals surface area contributed by atoms with E-state index in [0.717, 1.165) is 29.4 Å². The number of thioether (sulfide) groups is 1. The van der Waals surface area contributed by atoms with E-state index >= 15 is 0 Å². The molecule has 7 heteroatoms. The monoisotopic (exact) mass is 424 g/mol. The van der Waals surface area contributed by atoms with Crippen LogP contribution in [0.25, 0.3) is 0 Å². The van der Waals surface area contributed by atoms with Crippen molar-refractivity contribution in [3.63, 3.8) is 0 Å². The van der Waals surface area contributed by atoms with Gasteiger partial charge in [-0.15, -0.1) is 0 Å². The minimum atomic E-state index is -3.54. The zero-order valence-electron chi connectivity index (χ0n) is 16.7. The number of benzene rings is 1. The van der Waals surface area contributed by atoms with Gasteiger partial charge in [-0.05, 0) is 44.7 Å².